The van der Waals surface area contributed by atoms with E-state index in [1.807, 2.05) is 54.6 Å². The van der Waals surface area contributed by atoms with Crippen molar-refractivity contribution in [1.82, 2.24) is 23.7 Å². The van der Waals surface area contributed by atoms with Gasteiger partial charge in [-0.25, -0.2) is 9.97 Å². The molecule has 65 heavy (non-hydrogen) atoms. The van der Waals surface area contributed by atoms with Crippen LogP contribution in [0, 0.1) is 11.3 Å². The smallest absolute Gasteiger partial charge is 0.162 e. The molecule has 0 saturated heterocycles. The van der Waals surface area contributed by atoms with Crippen LogP contribution in [0.5, 0.6) is 0 Å². The quantitative estimate of drug-likeness (QED) is 0.168. The summed E-state index contributed by atoms with van der Waals surface area (Å²) >= 11 is 0. The average molecular weight is 829 g/mol. The topological polar surface area (TPSA) is 64.4 Å². The van der Waals surface area contributed by atoms with Crippen molar-refractivity contribution >= 4 is 65.4 Å². The lowest BCUT2D eigenvalue weighted by molar-refractivity contribution is 1.13. The lowest BCUT2D eigenvalue weighted by Crippen LogP contribution is -2.02. The number of rotatable bonds is 6. The normalized spacial score (nSPS) is 11.7. The standard InChI is InChI=1S/C59H36N6/c60-37-38-27-30-47(59-61-50(39-15-3-1-4-16-39)36-51(62-59)40-17-5-2-6-18-40)58(33-38)65-56-31-28-41(63-52-23-11-7-19-43(52)44-20-8-12-24-53(44)63)34-48(56)49-35-42(29-32-57(49)65)64-54-25-13-9-21-45(54)46-22-10-14-26-55(46)64/h1-36H. The van der Waals surface area contributed by atoms with Gasteiger partial charge >= 0.3 is 0 Å². The van der Waals surface area contributed by atoms with Crippen LogP contribution in [0.15, 0.2) is 218 Å². The van der Waals surface area contributed by atoms with Gasteiger partial charge in [0, 0.05) is 60.4 Å². The van der Waals surface area contributed by atoms with E-state index < -0.39 is 0 Å². The van der Waals surface area contributed by atoms with Crippen LogP contribution < -0.4 is 0 Å². The third kappa shape index (κ3) is 5.73. The highest BCUT2D eigenvalue weighted by Gasteiger charge is 2.22. The van der Waals surface area contributed by atoms with Gasteiger partial charge in [-0.1, -0.05) is 133 Å². The molecular formula is C59H36N6. The second kappa shape index (κ2) is 14.5. The highest BCUT2D eigenvalue weighted by atomic mass is 15.0. The van der Waals surface area contributed by atoms with Crippen molar-refractivity contribution < 1.29 is 0 Å². The fraction of sp³-hybridized carbons (Fsp3) is 0. The minimum absolute atomic E-state index is 0.546. The van der Waals surface area contributed by atoms with Crippen LogP contribution >= 0.6 is 0 Å². The SMILES string of the molecule is N#Cc1ccc(-c2nc(-c3ccccc3)cc(-c3ccccc3)n2)c(-n2c3ccc(-n4c5ccccc5c5ccccc54)cc3c3cc(-n4c5ccccc5c5ccccc54)ccc32)c1. The van der Waals surface area contributed by atoms with Crippen molar-refractivity contribution in [2.75, 3.05) is 0 Å². The van der Waals surface area contributed by atoms with Crippen molar-refractivity contribution in [3.63, 3.8) is 0 Å². The van der Waals surface area contributed by atoms with Crippen LogP contribution in [0.4, 0.5) is 0 Å². The van der Waals surface area contributed by atoms with Gasteiger partial charge < -0.3 is 13.7 Å². The van der Waals surface area contributed by atoms with E-state index in [1.165, 1.54) is 21.5 Å². The second-order valence-electron chi connectivity index (χ2n) is 16.5. The number of hydrogen-bond donors (Lipinski definition) is 0. The monoisotopic (exact) mass is 828 g/mol. The molecule has 0 atom stereocenters. The van der Waals surface area contributed by atoms with Crippen LogP contribution in [-0.2, 0) is 0 Å². The molecule has 4 aromatic heterocycles. The van der Waals surface area contributed by atoms with Crippen LogP contribution in [0.2, 0.25) is 0 Å². The third-order valence-corrected chi connectivity index (χ3v) is 12.9. The summed E-state index contributed by atoms with van der Waals surface area (Å²) in [6.07, 6.45) is 0. The lowest BCUT2D eigenvalue weighted by atomic mass is 10.0. The summed E-state index contributed by atoms with van der Waals surface area (Å²) in [4.78, 5) is 10.6. The van der Waals surface area contributed by atoms with Crippen LogP contribution in [0.1, 0.15) is 5.56 Å². The molecule has 0 spiro atoms. The van der Waals surface area contributed by atoms with Crippen molar-refractivity contribution in [3.8, 4) is 57.0 Å². The molecule has 0 N–H and O–H groups in total. The number of nitriles is 1. The molecule has 0 aliphatic heterocycles. The van der Waals surface area contributed by atoms with E-state index in [9.17, 15) is 5.26 Å². The van der Waals surface area contributed by atoms with E-state index in [2.05, 4.69) is 184 Å². The van der Waals surface area contributed by atoms with E-state index in [0.717, 1.165) is 89.0 Å². The van der Waals surface area contributed by atoms with E-state index in [0.29, 0.717) is 11.4 Å². The lowest BCUT2D eigenvalue weighted by Gasteiger charge is -2.16. The number of aromatic nitrogens is 5. The van der Waals surface area contributed by atoms with E-state index >= 15 is 0 Å². The van der Waals surface area contributed by atoms with E-state index in [4.69, 9.17) is 9.97 Å². The number of benzene rings is 9. The second-order valence-corrected chi connectivity index (χ2v) is 16.5. The van der Waals surface area contributed by atoms with Gasteiger partial charge in [0.15, 0.2) is 5.82 Å². The molecule has 9 aromatic carbocycles. The summed E-state index contributed by atoms with van der Waals surface area (Å²) < 4.78 is 7.05. The Morgan fingerprint density at radius 3 is 1.17 bits per heavy atom. The molecule has 302 valence electrons. The maximum absolute atomic E-state index is 10.5. The first-order valence-electron chi connectivity index (χ1n) is 21.8. The Labute approximate surface area is 373 Å². The molecule has 0 fully saturated rings. The Balaban J connectivity index is 1.12. The molecule has 6 nitrogen and oxygen atoms in total. The van der Waals surface area contributed by atoms with Crippen LogP contribution in [0.25, 0.3) is 116 Å². The average Bonchev–Trinajstić information content (AvgIpc) is 4.02. The van der Waals surface area contributed by atoms with Gasteiger partial charge in [-0.3, -0.25) is 0 Å². The minimum atomic E-state index is 0.546. The highest BCUT2D eigenvalue weighted by molar-refractivity contribution is 6.14. The molecule has 0 aliphatic carbocycles. The maximum atomic E-state index is 10.5. The van der Waals surface area contributed by atoms with Gasteiger partial charge in [-0.15, -0.1) is 0 Å². The molecule has 13 aromatic rings. The van der Waals surface area contributed by atoms with Gasteiger partial charge in [0.05, 0.1) is 61.8 Å². The van der Waals surface area contributed by atoms with Crippen molar-refractivity contribution in [3.05, 3.63) is 224 Å². The summed E-state index contributed by atoms with van der Waals surface area (Å²) in [5.41, 5.74) is 14.5. The molecule has 0 saturated carbocycles. The summed E-state index contributed by atoms with van der Waals surface area (Å²) in [6.45, 7) is 0. The van der Waals surface area contributed by atoms with Gasteiger partial charge in [-0.05, 0) is 84.9 Å². The Morgan fingerprint density at radius 2 is 0.738 bits per heavy atom. The highest BCUT2D eigenvalue weighted by Crippen LogP contribution is 2.41. The summed E-state index contributed by atoms with van der Waals surface area (Å²) in [7, 11) is 0. The first-order valence-corrected chi connectivity index (χ1v) is 21.8. The molecular weight excluding hydrogens is 793 g/mol. The van der Waals surface area contributed by atoms with Gasteiger partial charge in [0.25, 0.3) is 0 Å². The van der Waals surface area contributed by atoms with Gasteiger partial charge in [0.2, 0.25) is 0 Å². The first-order chi connectivity index (χ1) is 32.2. The fourth-order valence-electron chi connectivity index (χ4n) is 9.99. The molecule has 4 heterocycles. The first kappa shape index (κ1) is 36.6. The molecule has 0 bridgehead atoms. The molecule has 6 heteroatoms. The third-order valence-electron chi connectivity index (χ3n) is 12.9. The van der Waals surface area contributed by atoms with Gasteiger partial charge in [-0.2, -0.15) is 5.26 Å². The zero-order valence-electron chi connectivity index (χ0n) is 35.0. The van der Waals surface area contributed by atoms with E-state index in [1.54, 1.807) is 0 Å². The summed E-state index contributed by atoms with van der Waals surface area (Å²) in [5, 5.41) is 17.5. The van der Waals surface area contributed by atoms with Gasteiger partial charge in [0.1, 0.15) is 0 Å². The van der Waals surface area contributed by atoms with Crippen molar-refractivity contribution in [2.24, 2.45) is 0 Å². The Morgan fingerprint density at radius 1 is 0.338 bits per heavy atom. The Bertz CT molecular complexity index is 3740. The number of hydrogen-bond acceptors (Lipinski definition) is 3. The van der Waals surface area contributed by atoms with Crippen LogP contribution in [-0.4, -0.2) is 23.7 Å². The maximum Gasteiger partial charge on any atom is 0.162 e. The molecule has 0 unspecified atom stereocenters. The largest absolute Gasteiger partial charge is 0.309 e. The number of fused-ring (bicyclic) bond motifs is 9. The molecule has 0 radical (unpaired) electrons. The molecule has 13 rings (SSSR count). The minimum Gasteiger partial charge on any atom is -0.309 e. The van der Waals surface area contributed by atoms with Crippen LogP contribution in [0.3, 0.4) is 0 Å². The predicted octanol–water partition coefficient (Wildman–Crippen LogP) is 14.6. The van der Waals surface area contributed by atoms with Crippen molar-refractivity contribution in [2.45, 2.75) is 0 Å². The fourth-order valence-corrected chi connectivity index (χ4v) is 9.99. The number of nitrogens with zero attached hydrogens (tertiary/aromatic N) is 6. The zero-order valence-corrected chi connectivity index (χ0v) is 35.0. The van der Waals surface area contributed by atoms with E-state index in [-0.39, 0.29) is 0 Å². The molecule has 0 aliphatic rings. The summed E-state index contributed by atoms with van der Waals surface area (Å²) in [6, 6.07) is 79.0. The van der Waals surface area contributed by atoms with Crippen molar-refractivity contribution in [1.29, 1.82) is 5.26 Å². The predicted molar refractivity (Wildman–Crippen MR) is 266 cm³/mol. The Kier molecular flexibility index (Phi) is 8.17. The Hall–Kier alpha value is -9.05. The number of para-hydroxylation sites is 4. The summed E-state index contributed by atoms with van der Waals surface area (Å²) in [5.74, 6) is 0.573. The zero-order chi connectivity index (χ0) is 43.0. The molecule has 0 amide bonds.